The van der Waals surface area contributed by atoms with E-state index in [9.17, 15) is 0 Å². The number of hydrogen-bond acceptors (Lipinski definition) is 4. The molecule has 0 aliphatic heterocycles. The SMILES string of the molecule is Cc1cncc(CNCc2cnc(C)s2)c1. The molecular weight excluding hydrogens is 218 g/mol. The van der Waals surface area contributed by atoms with Crippen molar-refractivity contribution in [2.45, 2.75) is 26.9 Å². The number of nitrogens with zero attached hydrogens (tertiary/aromatic N) is 2. The molecule has 0 bridgehead atoms. The highest BCUT2D eigenvalue weighted by Gasteiger charge is 1.98. The topological polar surface area (TPSA) is 37.8 Å². The van der Waals surface area contributed by atoms with Gasteiger partial charge < -0.3 is 5.32 Å². The summed E-state index contributed by atoms with van der Waals surface area (Å²) < 4.78 is 0. The zero-order valence-electron chi connectivity index (χ0n) is 9.53. The van der Waals surface area contributed by atoms with E-state index in [0.717, 1.165) is 18.1 Å². The Morgan fingerprint density at radius 3 is 2.75 bits per heavy atom. The van der Waals surface area contributed by atoms with E-state index in [4.69, 9.17) is 0 Å². The number of hydrogen-bond donors (Lipinski definition) is 1. The van der Waals surface area contributed by atoms with Crippen molar-refractivity contribution in [3.05, 3.63) is 45.7 Å². The Hall–Kier alpha value is -1.26. The van der Waals surface area contributed by atoms with Gasteiger partial charge in [-0.15, -0.1) is 11.3 Å². The summed E-state index contributed by atoms with van der Waals surface area (Å²) in [4.78, 5) is 9.66. The van der Waals surface area contributed by atoms with Gasteiger partial charge in [0, 0.05) is 36.6 Å². The zero-order valence-corrected chi connectivity index (χ0v) is 10.3. The summed E-state index contributed by atoms with van der Waals surface area (Å²) in [7, 11) is 0. The van der Waals surface area contributed by atoms with Crippen LogP contribution in [0.25, 0.3) is 0 Å². The predicted molar refractivity (Wildman–Crippen MR) is 66.4 cm³/mol. The Balaban J connectivity index is 1.84. The lowest BCUT2D eigenvalue weighted by molar-refractivity contribution is 0.697. The first-order chi connectivity index (χ1) is 7.74. The van der Waals surface area contributed by atoms with Crippen molar-refractivity contribution in [2.75, 3.05) is 0 Å². The minimum absolute atomic E-state index is 0.853. The molecule has 2 rings (SSSR count). The second-order valence-electron chi connectivity index (χ2n) is 3.82. The number of aromatic nitrogens is 2. The van der Waals surface area contributed by atoms with E-state index in [1.807, 2.05) is 25.5 Å². The molecule has 2 heterocycles. The summed E-state index contributed by atoms with van der Waals surface area (Å²) in [6.45, 7) is 5.81. The Kier molecular flexibility index (Phi) is 3.64. The van der Waals surface area contributed by atoms with Gasteiger partial charge in [-0.25, -0.2) is 4.98 Å². The minimum atomic E-state index is 0.853. The quantitative estimate of drug-likeness (QED) is 0.881. The molecule has 0 saturated carbocycles. The molecule has 0 aliphatic carbocycles. The van der Waals surface area contributed by atoms with Crippen molar-refractivity contribution in [3.63, 3.8) is 0 Å². The highest BCUT2D eigenvalue weighted by atomic mass is 32.1. The number of rotatable bonds is 4. The summed E-state index contributed by atoms with van der Waals surface area (Å²) >= 11 is 1.74. The van der Waals surface area contributed by atoms with Crippen LogP contribution in [0.5, 0.6) is 0 Å². The fourth-order valence-electron chi connectivity index (χ4n) is 1.53. The zero-order chi connectivity index (χ0) is 11.4. The fraction of sp³-hybridized carbons (Fsp3) is 0.333. The van der Waals surface area contributed by atoms with Gasteiger partial charge in [0.05, 0.1) is 5.01 Å². The number of aryl methyl sites for hydroxylation is 2. The van der Waals surface area contributed by atoms with Crippen LogP contribution in [-0.4, -0.2) is 9.97 Å². The van der Waals surface area contributed by atoms with Crippen LogP contribution in [-0.2, 0) is 13.1 Å². The Bertz CT molecular complexity index is 465. The van der Waals surface area contributed by atoms with E-state index in [0.29, 0.717) is 0 Å². The Morgan fingerprint density at radius 1 is 1.19 bits per heavy atom. The molecule has 0 atom stereocenters. The summed E-state index contributed by atoms with van der Waals surface area (Å²) in [6, 6.07) is 2.15. The molecule has 16 heavy (non-hydrogen) atoms. The molecule has 4 heteroatoms. The van der Waals surface area contributed by atoms with Gasteiger partial charge in [-0.3, -0.25) is 4.98 Å². The highest BCUT2D eigenvalue weighted by Crippen LogP contribution is 2.11. The predicted octanol–water partition coefficient (Wildman–Crippen LogP) is 2.44. The molecule has 0 radical (unpaired) electrons. The summed E-state index contributed by atoms with van der Waals surface area (Å²) in [5.74, 6) is 0. The molecule has 3 nitrogen and oxygen atoms in total. The fourth-order valence-corrected chi connectivity index (χ4v) is 2.30. The molecule has 2 aromatic rings. The van der Waals surface area contributed by atoms with Crippen molar-refractivity contribution in [1.29, 1.82) is 0 Å². The lowest BCUT2D eigenvalue weighted by atomic mass is 10.2. The molecular formula is C12H15N3S. The van der Waals surface area contributed by atoms with Gasteiger partial charge in [-0.05, 0) is 25.0 Å². The van der Waals surface area contributed by atoms with Gasteiger partial charge in [0.2, 0.25) is 0 Å². The summed E-state index contributed by atoms with van der Waals surface area (Å²) in [5.41, 5.74) is 2.43. The van der Waals surface area contributed by atoms with E-state index in [1.54, 1.807) is 11.3 Å². The van der Waals surface area contributed by atoms with Crippen molar-refractivity contribution in [2.24, 2.45) is 0 Å². The maximum absolute atomic E-state index is 4.22. The molecule has 0 saturated heterocycles. The van der Waals surface area contributed by atoms with Crippen LogP contribution in [0.3, 0.4) is 0 Å². The second-order valence-corrected chi connectivity index (χ2v) is 5.14. The third-order valence-electron chi connectivity index (χ3n) is 2.23. The van der Waals surface area contributed by atoms with E-state index in [1.165, 1.54) is 16.0 Å². The Morgan fingerprint density at radius 2 is 2.06 bits per heavy atom. The summed E-state index contributed by atoms with van der Waals surface area (Å²) in [5, 5.41) is 4.51. The highest BCUT2D eigenvalue weighted by molar-refractivity contribution is 7.11. The molecule has 0 spiro atoms. The van der Waals surface area contributed by atoms with Gasteiger partial charge in [0.15, 0.2) is 0 Å². The number of pyridine rings is 1. The van der Waals surface area contributed by atoms with Crippen molar-refractivity contribution in [3.8, 4) is 0 Å². The van der Waals surface area contributed by atoms with Crippen LogP contribution >= 0.6 is 11.3 Å². The maximum atomic E-state index is 4.22. The van der Waals surface area contributed by atoms with Crippen LogP contribution in [0.1, 0.15) is 21.0 Å². The maximum Gasteiger partial charge on any atom is 0.0897 e. The molecule has 1 N–H and O–H groups in total. The average Bonchev–Trinajstić information content (AvgIpc) is 2.64. The van der Waals surface area contributed by atoms with Crippen LogP contribution in [0, 0.1) is 13.8 Å². The van der Waals surface area contributed by atoms with Crippen LogP contribution in [0.4, 0.5) is 0 Å². The van der Waals surface area contributed by atoms with Gasteiger partial charge in [0.1, 0.15) is 0 Å². The normalized spacial score (nSPS) is 10.6. The van der Waals surface area contributed by atoms with E-state index >= 15 is 0 Å². The van der Waals surface area contributed by atoms with Gasteiger partial charge >= 0.3 is 0 Å². The van der Waals surface area contributed by atoms with Crippen LogP contribution in [0.2, 0.25) is 0 Å². The van der Waals surface area contributed by atoms with Crippen LogP contribution in [0.15, 0.2) is 24.7 Å². The number of nitrogens with one attached hydrogen (secondary N) is 1. The average molecular weight is 233 g/mol. The van der Waals surface area contributed by atoms with Crippen LogP contribution < -0.4 is 5.32 Å². The molecule has 0 aliphatic rings. The van der Waals surface area contributed by atoms with E-state index in [2.05, 4.69) is 28.3 Å². The lowest BCUT2D eigenvalue weighted by Gasteiger charge is -2.03. The first-order valence-electron chi connectivity index (χ1n) is 5.26. The summed E-state index contributed by atoms with van der Waals surface area (Å²) in [6.07, 6.45) is 5.70. The molecule has 0 unspecified atom stereocenters. The lowest BCUT2D eigenvalue weighted by Crippen LogP contribution is -2.11. The second kappa shape index (κ2) is 5.18. The largest absolute Gasteiger partial charge is 0.308 e. The van der Waals surface area contributed by atoms with Crippen molar-refractivity contribution >= 4 is 11.3 Å². The molecule has 0 amide bonds. The van der Waals surface area contributed by atoms with Gasteiger partial charge in [-0.2, -0.15) is 0 Å². The first kappa shape index (κ1) is 11.2. The molecule has 0 aromatic carbocycles. The third-order valence-corrected chi connectivity index (χ3v) is 3.14. The van der Waals surface area contributed by atoms with E-state index < -0.39 is 0 Å². The first-order valence-corrected chi connectivity index (χ1v) is 6.08. The molecule has 2 aromatic heterocycles. The third kappa shape index (κ3) is 3.12. The molecule has 0 fully saturated rings. The number of thiazole rings is 1. The standard InChI is InChI=1S/C12H15N3S/c1-9-3-11(5-13-4-9)6-14-7-12-8-15-10(2)16-12/h3-5,8,14H,6-7H2,1-2H3. The minimum Gasteiger partial charge on any atom is -0.308 e. The smallest absolute Gasteiger partial charge is 0.0897 e. The van der Waals surface area contributed by atoms with Crippen molar-refractivity contribution < 1.29 is 0 Å². The van der Waals surface area contributed by atoms with Gasteiger partial charge in [0.25, 0.3) is 0 Å². The van der Waals surface area contributed by atoms with Crippen molar-refractivity contribution in [1.82, 2.24) is 15.3 Å². The Labute approximate surface area is 99.6 Å². The van der Waals surface area contributed by atoms with E-state index in [-0.39, 0.29) is 0 Å². The monoisotopic (exact) mass is 233 g/mol. The molecule has 84 valence electrons. The van der Waals surface area contributed by atoms with Gasteiger partial charge in [-0.1, -0.05) is 6.07 Å².